The Morgan fingerprint density at radius 2 is 1.94 bits per heavy atom. The second-order valence-electron chi connectivity index (χ2n) is 3.66. The van der Waals surface area contributed by atoms with Crippen LogP contribution < -0.4 is 5.32 Å². The Labute approximate surface area is 95.6 Å². The first-order valence-electron chi connectivity index (χ1n) is 5.37. The Balaban J connectivity index is 2.13. The molecule has 2 aromatic heterocycles. The van der Waals surface area contributed by atoms with Crippen molar-refractivity contribution in [3.63, 3.8) is 0 Å². The Kier molecular flexibility index (Phi) is 3.62. The molecule has 0 saturated heterocycles. The predicted octanol–water partition coefficient (Wildman–Crippen LogP) is 1.98. The lowest BCUT2D eigenvalue weighted by molar-refractivity contribution is 0.575. The van der Waals surface area contributed by atoms with Crippen LogP contribution >= 0.6 is 0 Å². The summed E-state index contributed by atoms with van der Waals surface area (Å²) in [6.07, 6.45) is 6.39. The van der Waals surface area contributed by atoms with Crippen LogP contribution in [0.5, 0.6) is 0 Å². The maximum Gasteiger partial charge on any atom is 0.0576 e. The van der Waals surface area contributed by atoms with Crippen LogP contribution in [-0.4, -0.2) is 17.0 Å². The molecule has 3 nitrogen and oxygen atoms in total. The van der Waals surface area contributed by atoms with E-state index in [1.807, 2.05) is 56.0 Å². The normalized spacial score (nSPS) is 12.3. The van der Waals surface area contributed by atoms with E-state index in [2.05, 4.69) is 15.3 Å². The third kappa shape index (κ3) is 2.64. The van der Waals surface area contributed by atoms with Gasteiger partial charge < -0.3 is 5.32 Å². The van der Waals surface area contributed by atoms with Crippen LogP contribution in [0, 0.1) is 0 Å². The lowest BCUT2D eigenvalue weighted by Crippen LogP contribution is -2.19. The molecule has 1 atom stereocenters. The molecule has 16 heavy (non-hydrogen) atoms. The average Bonchev–Trinajstić information content (AvgIpc) is 2.38. The molecule has 0 spiro atoms. The minimum Gasteiger partial charge on any atom is -0.311 e. The van der Waals surface area contributed by atoms with Gasteiger partial charge in [0.1, 0.15) is 0 Å². The van der Waals surface area contributed by atoms with Gasteiger partial charge in [-0.25, -0.2) is 0 Å². The smallest absolute Gasteiger partial charge is 0.0576 e. The standard InChI is InChI=1S/C13H15N3/c1-14-13(12-4-2-3-7-16-12)10-11-5-8-15-9-6-11/h2-9,13-14H,10H2,1H3. The second-order valence-corrected chi connectivity index (χ2v) is 3.66. The highest BCUT2D eigenvalue weighted by atomic mass is 14.9. The topological polar surface area (TPSA) is 37.8 Å². The van der Waals surface area contributed by atoms with Gasteiger partial charge in [-0.2, -0.15) is 0 Å². The zero-order chi connectivity index (χ0) is 11.2. The lowest BCUT2D eigenvalue weighted by Gasteiger charge is -2.15. The summed E-state index contributed by atoms with van der Waals surface area (Å²) in [7, 11) is 1.96. The highest BCUT2D eigenvalue weighted by Crippen LogP contribution is 2.14. The van der Waals surface area contributed by atoms with E-state index in [0.717, 1.165) is 12.1 Å². The first-order chi connectivity index (χ1) is 7.90. The molecule has 2 aromatic rings. The van der Waals surface area contributed by atoms with Crippen molar-refractivity contribution in [3.05, 3.63) is 60.2 Å². The first kappa shape index (κ1) is 10.8. The number of pyridine rings is 2. The van der Waals surface area contributed by atoms with E-state index in [9.17, 15) is 0 Å². The summed E-state index contributed by atoms with van der Waals surface area (Å²) >= 11 is 0. The number of rotatable bonds is 4. The van der Waals surface area contributed by atoms with Crippen molar-refractivity contribution in [1.29, 1.82) is 0 Å². The van der Waals surface area contributed by atoms with Gasteiger partial charge in [-0.1, -0.05) is 6.07 Å². The van der Waals surface area contributed by atoms with Crippen molar-refractivity contribution < 1.29 is 0 Å². The molecule has 1 unspecified atom stereocenters. The molecule has 0 radical (unpaired) electrons. The van der Waals surface area contributed by atoms with Crippen LogP contribution in [-0.2, 0) is 6.42 Å². The molecular weight excluding hydrogens is 198 g/mol. The van der Waals surface area contributed by atoms with Crippen molar-refractivity contribution in [3.8, 4) is 0 Å². The summed E-state index contributed by atoms with van der Waals surface area (Å²) < 4.78 is 0. The van der Waals surface area contributed by atoms with Crippen LogP contribution in [0.2, 0.25) is 0 Å². The van der Waals surface area contributed by atoms with Crippen LogP contribution in [0.1, 0.15) is 17.3 Å². The molecule has 2 heterocycles. The highest BCUT2D eigenvalue weighted by Gasteiger charge is 2.10. The lowest BCUT2D eigenvalue weighted by atomic mass is 10.0. The largest absolute Gasteiger partial charge is 0.311 e. The molecule has 0 aromatic carbocycles. The molecule has 0 aliphatic rings. The molecule has 0 aliphatic heterocycles. The van der Waals surface area contributed by atoms with Crippen LogP contribution in [0.25, 0.3) is 0 Å². The van der Waals surface area contributed by atoms with Gasteiger partial charge in [0.05, 0.1) is 11.7 Å². The summed E-state index contributed by atoms with van der Waals surface area (Å²) in [6.45, 7) is 0. The molecule has 2 rings (SSSR count). The molecule has 0 aliphatic carbocycles. The highest BCUT2D eigenvalue weighted by molar-refractivity contribution is 5.16. The number of aromatic nitrogens is 2. The fourth-order valence-corrected chi connectivity index (χ4v) is 1.69. The third-order valence-corrected chi connectivity index (χ3v) is 2.58. The quantitative estimate of drug-likeness (QED) is 0.844. The summed E-state index contributed by atoms with van der Waals surface area (Å²) in [5.41, 5.74) is 2.34. The molecule has 0 saturated carbocycles. The van der Waals surface area contributed by atoms with E-state index in [4.69, 9.17) is 0 Å². The number of hydrogen-bond donors (Lipinski definition) is 1. The van der Waals surface area contributed by atoms with Gasteiger partial charge in [0.2, 0.25) is 0 Å². The van der Waals surface area contributed by atoms with Crippen molar-refractivity contribution in [2.45, 2.75) is 12.5 Å². The first-order valence-corrected chi connectivity index (χ1v) is 5.37. The predicted molar refractivity (Wildman–Crippen MR) is 64.0 cm³/mol. The maximum absolute atomic E-state index is 4.37. The molecule has 1 N–H and O–H groups in total. The number of hydrogen-bond acceptors (Lipinski definition) is 3. The number of likely N-dealkylation sites (N-methyl/N-ethyl adjacent to an activating group) is 1. The van der Waals surface area contributed by atoms with Gasteiger partial charge in [0, 0.05) is 18.6 Å². The van der Waals surface area contributed by atoms with E-state index in [1.54, 1.807) is 0 Å². The average molecular weight is 213 g/mol. The molecular formula is C13H15N3. The maximum atomic E-state index is 4.37. The van der Waals surface area contributed by atoms with E-state index in [0.29, 0.717) is 0 Å². The Morgan fingerprint density at radius 1 is 1.12 bits per heavy atom. The van der Waals surface area contributed by atoms with E-state index in [1.165, 1.54) is 5.56 Å². The van der Waals surface area contributed by atoms with Gasteiger partial charge in [0.25, 0.3) is 0 Å². The number of nitrogens with zero attached hydrogens (tertiary/aromatic N) is 2. The van der Waals surface area contributed by atoms with E-state index in [-0.39, 0.29) is 6.04 Å². The Morgan fingerprint density at radius 3 is 2.56 bits per heavy atom. The van der Waals surface area contributed by atoms with E-state index < -0.39 is 0 Å². The fourth-order valence-electron chi connectivity index (χ4n) is 1.69. The monoisotopic (exact) mass is 213 g/mol. The Hall–Kier alpha value is -1.74. The van der Waals surface area contributed by atoms with Gasteiger partial charge in [-0.15, -0.1) is 0 Å². The number of nitrogens with one attached hydrogen (secondary N) is 1. The van der Waals surface area contributed by atoms with Gasteiger partial charge in [0.15, 0.2) is 0 Å². The summed E-state index contributed by atoms with van der Waals surface area (Å²) in [6, 6.07) is 10.3. The van der Waals surface area contributed by atoms with Gasteiger partial charge in [-0.05, 0) is 43.3 Å². The van der Waals surface area contributed by atoms with Gasteiger partial charge in [-0.3, -0.25) is 9.97 Å². The minimum atomic E-state index is 0.253. The summed E-state index contributed by atoms with van der Waals surface area (Å²) in [5, 5.41) is 3.28. The van der Waals surface area contributed by atoms with Crippen molar-refractivity contribution in [1.82, 2.24) is 15.3 Å². The molecule has 0 bridgehead atoms. The molecule has 0 amide bonds. The van der Waals surface area contributed by atoms with Crippen LogP contribution in [0.4, 0.5) is 0 Å². The van der Waals surface area contributed by atoms with Crippen molar-refractivity contribution >= 4 is 0 Å². The van der Waals surface area contributed by atoms with Crippen molar-refractivity contribution in [2.24, 2.45) is 0 Å². The van der Waals surface area contributed by atoms with E-state index >= 15 is 0 Å². The SMILES string of the molecule is CNC(Cc1ccncc1)c1ccccn1. The van der Waals surface area contributed by atoms with Crippen LogP contribution in [0.15, 0.2) is 48.9 Å². The Bertz CT molecular complexity index is 414. The molecule has 82 valence electrons. The minimum absolute atomic E-state index is 0.253. The summed E-state index contributed by atoms with van der Waals surface area (Å²) in [5.74, 6) is 0. The molecule has 3 heteroatoms. The third-order valence-electron chi connectivity index (χ3n) is 2.58. The summed E-state index contributed by atoms with van der Waals surface area (Å²) in [4.78, 5) is 8.38. The van der Waals surface area contributed by atoms with Crippen molar-refractivity contribution in [2.75, 3.05) is 7.05 Å². The van der Waals surface area contributed by atoms with Crippen LogP contribution in [0.3, 0.4) is 0 Å². The fraction of sp³-hybridized carbons (Fsp3) is 0.231. The zero-order valence-electron chi connectivity index (χ0n) is 9.30. The molecule has 0 fully saturated rings. The second kappa shape index (κ2) is 5.37. The zero-order valence-corrected chi connectivity index (χ0v) is 9.30. The van der Waals surface area contributed by atoms with Gasteiger partial charge >= 0.3 is 0 Å².